The second kappa shape index (κ2) is 4.10. The van der Waals surface area contributed by atoms with Gasteiger partial charge in [-0.2, -0.15) is 4.98 Å². The van der Waals surface area contributed by atoms with Gasteiger partial charge < -0.3 is 15.0 Å². The first-order valence-electron chi connectivity index (χ1n) is 4.50. The van der Waals surface area contributed by atoms with Crippen LogP contribution in [0.2, 0.25) is 0 Å². The van der Waals surface area contributed by atoms with Gasteiger partial charge in [0.05, 0.1) is 13.7 Å². The van der Waals surface area contributed by atoms with Gasteiger partial charge in [-0.15, -0.1) is 0 Å². The maximum atomic E-state index is 5.38. The van der Waals surface area contributed by atoms with Gasteiger partial charge in [0.1, 0.15) is 5.75 Å². The molecule has 2 N–H and O–H groups in total. The van der Waals surface area contributed by atoms with E-state index in [9.17, 15) is 0 Å². The molecule has 0 aliphatic carbocycles. The van der Waals surface area contributed by atoms with Crippen LogP contribution in [0.3, 0.4) is 0 Å². The van der Waals surface area contributed by atoms with Gasteiger partial charge in [-0.05, 0) is 24.3 Å². The van der Waals surface area contributed by atoms with Crippen LogP contribution in [0.1, 0.15) is 5.82 Å². The first-order chi connectivity index (χ1) is 7.33. The highest BCUT2D eigenvalue weighted by atomic mass is 16.5. The van der Waals surface area contributed by atoms with Crippen molar-refractivity contribution in [3.05, 3.63) is 30.1 Å². The summed E-state index contributed by atoms with van der Waals surface area (Å²) in [5.41, 5.74) is 6.23. The molecule has 0 aliphatic rings. The Kier molecular flexibility index (Phi) is 2.64. The summed E-state index contributed by atoms with van der Waals surface area (Å²) in [6, 6.07) is 7.38. The molecule has 5 heteroatoms. The molecule has 0 atom stereocenters. The van der Waals surface area contributed by atoms with E-state index >= 15 is 0 Å². The van der Waals surface area contributed by atoms with Crippen molar-refractivity contribution in [2.75, 3.05) is 7.11 Å². The molecule has 0 radical (unpaired) electrons. The highest BCUT2D eigenvalue weighted by molar-refractivity contribution is 5.54. The van der Waals surface area contributed by atoms with E-state index in [1.165, 1.54) is 0 Å². The van der Waals surface area contributed by atoms with Gasteiger partial charge in [0.15, 0.2) is 5.82 Å². The van der Waals surface area contributed by atoms with Crippen molar-refractivity contribution in [1.82, 2.24) is 10.1 Å². The highest BCUT2D eigenvalue weighted by Gasteiger charge is 2.07. The van der Waals surface area contributed by atoms with E-state index in [4.69, 9.17) is 15.0 Å². The first-order valence-corrected chi connectivity index (χ1v) is 4.50. The largest absolute Gasteiger partial charge is 0.497 e. The molecule has 1 heterocycles. The highest BCUT2D eigenvalue weighted by Crippen LogP contribution is 2.20. The average Bonchev–Trinajstić information content (AvgIpc) is 2.78. The van der Waals surface area contributed by atoms with Crippen LogP contribution in [0, 0.1) is 0 Å². The van der Waals surface area contributed by atoms with E-state index in [0.29, 0.717) is 11.7 Å². The molecule has 78 valence electrons. The van der Waals surface area contributed by atoms with E-state index in [-0.39, 0.29) is 6.54 Å². The quantitative estimate of drug-likeness (QED) is 0.815. The molecule has 0 unspecified atom stereocenters. The molecule has 5 nitrogen and oxygen atoms in total. The van der Waals surface area contributed by atoms with Crippen LogP contribution < -0.4 is 10.5 Å². The summed E-state index contributed by atoms with van der Waals surface area (Å²) >= 11 is 0. The Labute approximate surface area is 86.9 Å². The number of ether oxygens (including phenoxy) is 1. The molecule has 2 rings (SSSR count). The van der Waals surface area contributed by atoms with Crippen LogP contribution in [0.15, 0.2) is 28.8 Å². The molecule has 15 heavy (non-hydrogen) atoms. The fourth-order valence-corrected chi connectivity index (χ4v) is 1.19. The van der Waals surface area contributed by atoms with Crippen LogP contribution in [-0.2, 0) is 6.54 Å². The minimum absolute atomic E-state index is 0.277. The fraction of sp³-hybridized carbons (Fsp3) is 0.200. The molecular weight excluding hydrogens is 194 g/mol. The third kappa shape index (κ3) is 1.97. The molecule has 0 fully saturated rings. The Morgan fingerprint density at radius 3 is 2.60 bits per heavy atom. The molecule has 1 aromatic heterocycles. The summed E-state index contributed by atoms with van der Waals surface area (Å²) in [5.74, 6) is 1.76. The van der Waals surface area contributed by atoms with Gasteiger partial charge in [-0.3, -0.25) is 0 Å². The SMILES string of the molecule is COc1ccc(-c2nc(CN)no2)cc1. The Morgan fingerprint density at radius 2 is 2.07 bits per heavy atom. The van der Waals surface area contributed by atoms with Crippen LogP contribution in [0.4, 0.5) is 0 Å². The number of rotatable bonds is 3. The van der Waals surface area contributed by atoms with Crippen molar-refractivity contribution < 1.29 is 9.26 Å². The molecule has 0 saturated carbocycles. The lowest BCUT2D eigenvalue weighted by atomic mass is 10.2. The minimum atomic E-state index is 0.277. The lowest BCUT2D eigenvalue weighted by Gasteiger charge is -1.98. The summed E-state index contributed by atoms with van der Waals surface area (Å²) in [5, 5.41) is 3.71. The van der Waals surface area contributed by atoms with Crippen molar-refractivity contribution in [1.29, 1.82) is 0 Å². The van der Waals surface area contributed by atoms with Gasteiger partial charge in [0.2, 0.25) is 0 Å². The van der Waals surface area contributed by atoms with Crippen LogP contribution in [0.5, 0.6) is 5.75 Å². The van der Waals surface area contributed by atoms with Crippen molar-refractivity contribution in [2.45, 2.75) is 6.54 Å². The van der Waals surface area contributed by atoms with Gasteiger partial charge in [0.25, 0.3) is 5.89 Å². The number of aromatic nitrogens is 2. The molecule has 0 bridgehead atoms. The Balaban J connectivity index is 2.28. The number of hydrogen-bond acceptors (Lipinski definition) is 5. The third-order valence-corrected chi connectivity index (χ3v) is 1.99. The number of methoxy groups -OCH3 is 1. The van der Waals surface area contributed by atoms with Crippen molar-refractivity contribution in [3.63, 3.8) is 0 Å². The topological polar surface area (TPSA) is 74.2 Å². The predicted molar refractivity (Wildman–Crippen MR) is 54.2 cm³/mol. The minimum Gasteiger partial charge on any atom is -0.497 e. The summed E-state index contributed by atoms with van der Waals surface area (Å²) in [6.07, 6.45) is 0. The summed E-state index contributed by atoms with van der Waals surface area (Å²) in [7, 11) is 1.62. The molecule has 0 spiro atoms. The van der Waals surface area contributed by atoms with E-state index in [1.807, 2.05) is 24.3 Å². The Bertz CT molecular complexity index is 436. The van der Waals surface area contributed by atoms with Crippen molar-refractivity contribution >= 4 is 0 Å². The predicted octanol–water partition coefficient (Wildman–Crippen LogP) is 1.20. The smallest absolute Gasteiger partial charge is 0.257 e. The Morgan fingerprint density at radius 1 is 1.33 bits per heavy atom. The van der Waals surface area contributed by atoms with E-state index in [1.54, 1.807) is 7.11 Å². The number of hydrogen-bond donors (Lipinski definition) is 1. The molecule has 0 aliphatic heterocycles. The maximum absolute atomic E-state index is 5.38. The van der Waals surface area contributed by atoms with E-state index < -0.39 is 0 Å². The Hall–Kier alpha value is -1.88. The van der Waals surface area contributed by atoms with Crippen LogP contribution >= 0.6 is 0 Å². The zero-order valence-electron chi connectivity index (χ0n) is 8.30. The summed E-state index contributed by atoms with van der Waals surface area (Å²) < 4.78 is 10.1. The number of nitrogens with two attached hydrogens (primary N) is 1. The van der Waals surface area contributed by atoms with Gasteiger partial charge in [-0.25, -0.2) is 0 Å². The zero-order chi connectivity index (χ0) is 10.7. The van der Waals surface area contributed by atoms with Crippen molar-refractivity contribution in [3.8, 4) is 17.2 Å². The van der Waals surface area contributed by atoms with Crippen LogP contribution in [-0.4, -0.2) is 17.3 Å². The van der Waals surface area contributed by atoms with E-state index in [0.717, 1.165) is 11.3 Å². The number of nitrogens with zero attached hydrogens (tertiary/aromatic N) is 2. The van der Waals surface area contributed by atoms with Gasteiger partial charge >= 0.3 is 0 Å². The second-order valence-corrected chi connectivity index (χ2v) is 2.95. The molecular formula is C10H11N3O2. The van der Waals surface area contributed by atoms with Crippen molar-refractivity contribution in [2.24, 2.45) is 5.73 Å². The molecule has 0 saturated heterocycles. The lowest BCUT2D eigenvalue weighted by Crippen LogP contribution is -1.97. The molecule has 0 amide bonds. The average molecular weight is 205 g/mol. The number of benzene rings is 1. The van der Waals surface area contributed by atoms with E-state index in [2.05, 4.69) is 10.1 Å². The maximum Gasteiger partial charge on any atom is 0.257 e. The third-order valence-electron chi connectivity index (χ3n) is 1.99. The first kappa shape index (κ1) is 9.67. The summed E-state index contributed by atoms with van der Waals surface area (Å²) in [4.78, 5) is 4.11. The zero-order valence-corrected chi connectivity index (χ0v) is 8.30. The van der Waals surface area contributed by atoms with Gasteiger partial charge in [-0.1, -0.05) is 5.16 Å². The molecule has 2 aromatic rings. The normalized spacial score (nSPS) is 10.3. The monoisotopic (exact) mass is 205 g/mol. The lowest BCUT2D eigenvalue weighted by molar-refractivity contribution is 0.414. The molecule has 1 aromatic carbocycles. The van der Waals surface area contributed by atoms with Gasteiger partial charge in [0, 0.05) is 5.56 Å². The van der Waals surface area contributed by atoms with Crippen LogP contribution in [0.25, 0.3) is 11.5 Å². The fourth-order valence-electron chi connectivity index (χ4n) is 1.19. The summed E-state index contributed by atoms with van der Waals surface area (Å²) in [6.45, 7) is 0.277. The second-order valence-electron chi connectivity index (χ2n) is 2.95. The standard InChI is InChI=1S/C10H11N3O2/c1-14-8-4-2-7(3-5-8)10-12-9(6-11)13-15-10/h2-5H,6,11H2,1H3.